The number of carbonyl (C=O) groups is 1. The minimum absolute atomic E-state index is 0.250. The summed E-state index contributed by atoms with van der Waals surface area (Å²) in [5.41, 5.74) is 6.97. The Bertz CT molecular complexity index is 229. The van der Waals surface area contributed by atoms with Crippen molar-refractivity contribution in [3.8, 4) is 0 Å². The molecule has 2 heteroatoms. The van der Waals surface area contributed by atoms with Gasteiger partial charge in [-0.15, -0.1) is 0 Å². The van der Waals surface area contributed by atoms with Crippen LogP contribution in [-0.4, -0.2) is 6.41 Å². The van der Waals surface area contributed by atoms with Gasteiger partial charge in [-0.3, -0.25) is 4.79 Å². The summed E-state index contributed by atoms with van der Waals surface area (Å²) in [5, 5.41) is 0. The zero-order valence-electron chi connectivity index (χ0n) is 10.3. The molecule has 1 rings (SSSR count). The van der Waals surface area contributed by atoms with E-state index in [1.165, 1.54) is 24.0 Å². The molecule has 0 aliphatic heterocycles. The molecule has 0 atom stereocenters. The van der Waals surface area contributed by atoms with E-state index >= 15 is 0 Å². The van der Waals surface area contributed by atoms with Gasteiger partial charge >= 0.3 is 0 Å². The van der Waals surface area contributed by atoms with E-state index in [1.807, 2.05) is 13.8 Å². The van der Waals surface area contributed by atoms with Crippen molar-refractivity contribution in [1.29, 1.82) is 0 Å². The molecule has 0 aliphatic carbocycles. The number of hydrogen-bond acceptors (Lipinski definition) is 1. The summed E-state index contributed by atoms with van der Waals surface area (Å²) < 4.78 is 0. The molecule has 0 unspecified atom stereocenters. The van der Waals surface area contributed by atoms with E-state index in [9.17, 15) is 0 Å². The Morgan fingerprint density at radius 2 is 1.60 bits per heavy atom. The molecule has 0 aromatic heterocycles. The first-order valence-corrected chi connectivity index (χ1v) is 5.45. The number of benzene rings is 1. The van der Waals surface area contributed by atoms with E-state index in [0.717, 1.165) is 0 Å². The van der Waals surface area contributed by atoms with Crippen LogP contribution in [0.3, 0.4) is 0 Å². The van der Waals surface area contributed by atoms with Gasteiger partial charge in [0.25, 0.3) is 0 Å². The predicted molar refractivity (Wildman–Crippen MR) is 66.8 cm³/mol. The average molecular weight is 209 g/mol. The Balaban J connectivity index is 0. The van der Waals surface area contributed by atoms with E-state index in [4.69, 9.17) is 4.79 Å². The molecule has 1 aromatic rings. The van der Waals surface area contributed by atoms with Gasteiger partial charge < -0.3 is 5.73 Å². The van der Waals surface area contributed by atoms with Crippen molar-refractivity contribution in [3.63, 3.8) is 0 Å². The molecule has 0 heterocycles. The minimum atomic E-state index is 0.250. The fraction of sp³-hybridized carbons (Fsp3) is 0.462. The largest absolute Gasteiger partial charge is 0.372 e. The summed E-state index contributed by atoms with van der Waals surface area (Å²) in [6, 6.07) is 8.76. The SMILES string of the molecule is CC.CCCc1ccc(C)cc1.NC=O. The molecule has 2 N–H and O–H groups in total. The smallest absolute Gasteiger partial charge is 0.204 e. The Labute approximate surface area is 93.5 Å². The van der Waals surface area contributed by atoms with Crippen LogP contribution in [0.5, 0.6) is 0 Å². The lowest BCUT2D eigenvalue weighted by atomic mass is 10.1. The molecule has 0 bridgehead atoms. The van der Waals surface area contributed by atoms with Crippen molar-refractivity contribution in [2.45, 2.75) is 40.5 Å². The third-order valence-corrected chi connectivity index (χ3v) is 1.66. The molecule has 1 aromatic carbocycles. The summed E-state index contributed by atoms with van der Waals surface area (Å²) in [5.74, 6) is 0. The van der Waals surface area contributed by atoms with Crippen LogP contribution in [0, 0.1) is 6.92 Å². The molecular formula is C13H23NO. The molecule has 0 fully saturated rings. The van der Waals surface area contributed by atoms with Crippen molar-refractivity contribution in [3.05, 3.63) is 35.4 Å². The van der Waals surface area contributed by atoms with Crippen LogP contribution in [0.25, 0.3) is 0 Å². The maximum Gasteiger partial charge on any atom is 0.204 e. The second-order valence-electron chi connectivity index (χ2n) is 2.87. The van der Waals surface area contributed by atoms with Crippen molar-refractivity contribution < 1.29 is 4.79 Å². The highest BCUT2D eigenvalue weighted by Crippen LogP contribution is 2.04. The second-order valence-corrected chi connectivity index (χ2v) is 2.87. The van der Waals surface area contributed by atoms with Crippen LogP contribution in [0.2, 0.25) is 0 Å². The number of hydrogen-bond donors (Lipinski definition) is 1. The number of primary amides is 1. The van der Waals surface area contributed by atoms with Gasteiger partial charge in [-0.2, -0.15) is 0 Å². The van der Waals surface area contributed by atoms with Crippen LogP contribution in [0.15, 0.2) is 24.3 Å². The first-order chi connectivity index (χ1) is 7.24. The highest BCUT2D eigenvalue weighted by molar-refractivity contribution is 5.42. The quantitative estimate of drug-likeness (QED) is 0.747. The summed E-state index contributed by atoms with van der Waals surface area (Å²) in [6.07, 6.45) is 2.70. The maximum absolute atomic E-state index is 8.58. The molecule has 2 nitrogen and oxygen atoms in total. The van der Waals surface area contributed by atoms with Crippen LogP contribution >= 0.6 is 0 Å². The first-order valence-electron chi connectivity index (χ1n) is 5.45. The van der Waals surface area contributed by atoms with Gasteiger partial charge in [-0.1, -0.05) is 57.0 Å². The van der Waals surface area contributed by atoms with Crippen molar-refractivity contribution >= 4 is 6.41 Å². The van der Waals surface area contributed by atoms with E-state index in [0.29, 0.717) is 0 Å². The molecule has 15 heavy (non-hydrogen) atoms. The van der Waals surface area contributed by atoms with Crippen LogP contribution in [0.1, 0.15) is 38.3 Å². The molecule has 0 aliphatic rings. The molecule has 0 spiro atoms. The number of rotatable bonds is 2. The highest BCUT2D eigenvalue weighted by Gasteiger charge is 1.87. The Morgan fingerprint density at radius 3 is 1.93 bits per heavy atom. The van der Waals surface area contributed by atoms with Gasteiger partial charge in [0, 0.05) is 0 Å². The first kappa shape index (κ1) is 16.1. The predicted octanol–water partition coefficient (Wildman–Crippen LogP) is 3.08. The van der Waals surface area contributed by atoms with Crippen molar-refractivity contribution in [2.24, 2.45) is 5.73 Å². The molecule has 86 valence electrons. The van der Waals surface area contributed by atoms with Gasteiger partial charge in [0.1, 0.15) is 0 Å². The topological polar surface area (TPSA) is 43.1 Å². The van der Waals surface area contributed by atoms with Crippen LogP contribution in [0.4, 0.5) is 0 Å². The number of carbonyl (C=O) groups excluding carboxylic acids is 1. The lowest BCUT2D eigenvalue weighted by molar-refractivity contribution is -0.106. The highest BCUT2D eigenvalue weighted by atomic mass is 16.1. The number of aryl methyl sites for hydroxylation is 2. The zero-order valence-corrected chi connectivity index (χ0v) is 10.3. The zero-order chi connectivity index (χ0) is 12.1. The average Bonchev–Trinajstić information content (AvgIpc) is 2.26. The minimum Gasteiger partial charge on any atom is -0.372 e. The van der Waals surface area contributed by atoms with Gasteiger partial charge in [0.15, 0.2) is 0 Å². The Morgan fingerprint density at radius 1 is 1.20 bits per heavy atom. The van der Waals surface area contributed by atoms with Gasteiger partial charge in [-0.05, 0) is 18.9 Å². The van der Waals surface area contributed by atoms with Crippen LogP contribution in [-0.2, 0) is 11.2 Å². The molecule has 0 saturated carbocycles. The van der Waals surface area contributed by atoms with Gasteiger partial charge in [0.05, 0.1) is 0 Å². The van der Waals surface area contributed by atoms with Crippen molar-refractivity contribution in [1.82, 2.24) is 0 Å². The summed E-state index contributed by atoms with van der Waals surface area (Å²) in [4.78, 5) is 8.58. The number of nitrogens with two attached hydrogens (primary N) is 1. The van der Waals surface area contributed by atoms with E-state index in [-0.39, 0.29) is 6.41 Å². The summed E-state index contributed by atoms with van der Waals surface area (Å²) in [6.45, 7) is 8.33. The van der Waals surface area contributed by atoms with Gasteiger partial charge in [0.2, 0.25) is 6.41 Å². The molecular weight excluding hydrogens is 186 g/mol. The van der Waals surface area contributed by atoms with Gasteiger partial charge in [-0.25, -0.2) is 0 Å². The van der Waals surface area contributed by atoms with E-state index in [2.05, 4.69) is 43.8 Å². The van der Waals surface area contributed by atoms with E-state index < -0.39 is 0 Å². The maximum atomic E-state index is 8.58. The monoisotopic (exact) mass is 209 g/mol. The Hall–Kier alpha value is -1.31. The lowest BCUT2D eigenvalue weighted by Gasteiger charge is -1.97. The number of amides is 1. The third kappa shape index (κ3) is 10.6. The second kappa shape index (κ2) is 12.7. The summed E-state index contributed by atoms with van der Waals surface area (Å²) >= 11 is 0. The normalized spacial score (nSPS) is 7.73. The molecule has 0 saturated heterocycles. The van der Waals surface area contributed by atoms with Crippen LogP contribution < -0.4 is 5.73 Å². The lowest BCUT2D eigenvalue weighted by Crippen LogP contribution is -1.82. The third-order valence-electron chi connectivity index (χ3n) is 1.66. The standard InChI is InChI=1S/C10H14.C2H6.CH3NO/c1-3-4-10-7-5-9(2)6-8-10;1-2;2-1-3/h5-8H,3-4H2,1-2H3;1-2H3;1H,(H2,2,3). The fourth-order valence-corrected chi connectivity index (χ4v) is 1.04. The molecule has 1 amide bonds. The Kier molecular flexibility index (Phi) is 13.6. The summed E-state index contributed by atoms with van der Waals surface area (Å²) in [7, 11) is 0. The molecule has 0 radical (unpaired) electrons. The van der Waals surface area contributed by atoms with E-state index in [1.54, 1.807) is 0 Å². The fourth-order valence-electron chi connectivity index (χ4n) is 1.04. The van der Waals surface area contributed by atoms with Crippen molar-refractivity contribution in [2.75, 3.05) is 0 Å².